The van der Waals surface area contributed by atoms with Crippen molar-refractivity contribution >= 4 is 17.7 Å². The van der Waals surface area contributed by atoms with E-state index in [9.17, 15) is 24.6 Å². The van der Waals surface area contributed by atoms with Crippen LogP contribution in [0.5, 0.6) is 0 Å². The van der Waals surface area contributed by atoms with Gasteiger partial charge in [-0.3, -0.25) is 14.4 Å². The third-order valence-corrected chi connectivity index (χ3v) is 6.45. The number of ether oxygens (including phenoxy) is 2. The van der Waals surface area contributed by atoms with Gasteiger partial charge in [0.05, 0.1) is 5.60 Å². The molecule has 1 amide bonds. The second-order valence-electron chi connectivity index (χ2n) is 9.15. The van der Waals surface area contributed by atoms with Crippen molar-refractivity contribution in [3.05, 3.63) is 0 Å². The molecule has 2 rings (SSSR count). The lowest BCUT2D eigenvalue weighted by atomic mass is 9.59. The van der Waals surface area contributed by atoms with E-state index in [0.29, 0.717) is 19.3 Å². The molecule has 0 aromatic carbocycles. The van der Waals surface area contributed by atoms with E-state index in [0.717, 1.165) is 0 Å². The van der Waals surface area contributed by atoms with E-state index in [1.807, 2.05) is 0 Å². The smallest absolute Gasteiger partial charge is 0.320 e. The van der Waals surface area contributed by atoms with Crippen LogP contribution in [-0.4, -0.2) is 87.2 Å². The highest BCUT2D eigenvalue weighted by molar-refractivity contribution is 5.90. The van der Waals surface area contributed by atoms with Crippen LogP contribution in [0, 0.1) is 0 Å². The molecule has 2 aliphatic rings. The maximum atomic E-state index is 12.9. The van der Waals surface area contributed by atoms with Crippen molar-refractivity contribution in [1.82, 2.24) is 10.6 Å². The van der Waals surface area contributed by atoms with Crippen LogP contribution in [0.15, 0.2) is 0 Å². The summed E-state index contributed by atoms with van der Waals surface area (Å²) in [5.74, 6) is -2.08. The fourth-order valence-corrected chi connectivity index (χ4v) is 4.31. The SMILES string of the molecule is CNC(CCCCNC(=O)[C@]1(O)[C@@H]([C@@]2(O)[C@H](C(C)=O)OC2(C)C)OC1(C)C)C(=O)O. The maximum Gasteiger partial charge on any atom is 0.320 e. The van der Waals surface area contributed by atoms with Crippen molar-refractivity contribution in [2.45, 2.75) is 94.5 Å². The zero-order valence-corrected chi connectivity index (χ0v) is 18.4. The number of amides is 1. The van der Waals surface area contributed by atoms with Gasteiger partial charge < -0.3 is 35.4 Å². The highest BCUT2D eigenvalue weighted by atomic mass is 16.6. The van der Waals surface area contributed by atoms with E-state index in [4.69, 9.17) is 14.6 Å². The van der Waals surface area contributed by atoms with Crippen molar-refractivity contribution < 1.29 is 39.2 Å². The number of aliphatic hydroxyl groups is 2. The molecular weight excluding hydrogens is 396 g/mol. The Morgan fingerprint density at radius 2 is 1.63 bits per heavy atom. The highest BCUT2D eigenvalue weighted by Gasteiger charge is 2.80. The van der Waals surface area contributed by atoms with Gasteiger partial charge in [0.2, 0.25) is 5.60 Å². The average molecular weight is 430 g/mol. The van der Waals surface area contributed by atoms with Crippen LogP contribution in [-0.2, 0) is 23.9 Å². The number of hydrogen-bond donors (Lipinski definition) is 5. The highest BCUT2D eigenvalue weighted by Crippen LogP contribution is 2.56. The van der Waals surface area contributed by atoms with Gasteiger partial charge in [-0.05, 0) is 60.9 Å². The normalized spacial score (nSPS) is 34.9. The molecule has 2 fully saturated rings. The third kappa shape index (κ3) is 3.64. The number of hydrogen-bond acceptors (Lipinski definition) is 8. The monoisotopic (exact) mass is 430 g/mol. The number of ketones is 1. The Kier molecular flexibility index (Phi) is 6.71. The molecule has 2 heterocycles. The number of carboxylic acid groups (broad SMARTS) is 1. The standard InChI is InChI=1S/C20H34N2O8/c1-11(23)13-19(27,17(2,3)29-13)15-20(28,18(4,5)30-15)16(26)22-10-8-7-9-12(21-6)14(24)25/h12-13,15,21,27-28H,7-10H2,1-6H3,(H,22,26)(H,24,25)/t12?,13-,15+,19-,20+/m0/s1. The Labute approximate surface area is 176 Å². The Morgan fingerprint density at radius 3 is 2.07 bits per heavy atom. The molecule has 10 nitrogen and oxygen atoms in total. The quantitative estimate of drug-likeness (QED) is 0.284. The van der Waals surface area contributed by atoms with Crippen LogP contribution in [0.2, 0.25) is 0 Å². The fourth-order valence-electron chi connectivity index (χ4n) is 4.31. The minimum atomic E-state index is -2.08. The minimum absolute atomic E-state index is 0.217. The van der Waals surface area contributed by atoms with E-state index < -0.39 is 58.3 Å². The summed E-state index contributed by atoms with van der Waals surface area (Å²) in [7, 11) is 1.57. The number of nitrogens with one attached hydrogen (secondary N) is 2. The first-order chi connectivity index (χ1) is 13.7. The molecule has 30 heavy (non-hydrogen) atoms. The lowest BCUT2D eigenvalue weighted by Crippen LogP contribution is -2.91. The van der Waals surface area contributed by atoms with Gasteiger partial charge >= 0.3 is 5.97 Å². The summed E-state index contributed by atoms with van der Waals surface area (Å²) < 4.78 is 11.2. The Bertz CT molecular complexity index is 709. The van der Waals surface area contributed by atoms with E-state index >= 15 is 0 Å². The number of unbranched alkanes of at least 4 members (excludes halogenated alkanes) is 1. The summed E-state index contributed by atoms with van der Waals surface area (Å²) in [4.78, 5) is 35.8. The zero-order valence-electron chi connectivity index (χ0n) is 18.4. The first-order valence-corrected chi connectivity index (χ1v) is 10.2. The lowest BCUT2D eigenvalue weighted by molar-refractivity contribution is -0.435. The predicted octanol–water partition coefficient (Wildman–Crippen LogP) is -0.648. The molecule has 0 aromatic rings. The van der Waals surface area contributed by atoms with Gasteiger partial charge in [0.25, 0.3) is 5.91 Å². The molecule has 5 N–H and O–H groups in total. The summed E-state index contributed by atoms with van der Waals surface area (Å²) >= 11 is 0. The number of likely N-dealkylation sites (N-methyl/N-ethyl adjacent to an activating group) is 1. The molecule has 0 saturated carbocycles. The fraction of sp³-hybridized carbons (Fsp3) is 0.850. The molecule has 172 valence electrons. The second kappa shape index (κ2) is 8.16. The molecule has 0 bridgehead atoms. The van der Waals surface area contributed by atoms with E-state index in [1.54, 1.807) is 20.9 Å². The first-order valence-electron chi connectivity index (χ1n) is 10.2. The molecule has 5 atom stereocenters. The molecule has 0 aromatic heterocycles. The van der Waals surface area contributed by atoms with Crippen molar-refractivity contribution in [3.63, 3.8) is 0 Å². The summed E-state index contributed by atoms with van der Waals surface area (Å²) in [6.07, 6.45) is -1.10. The second-order valence-corrected chi connectivity index (χ2v) is 9.15. The predicted molar refractivity (Wildman–Crippen MR) is 106 cm³/mol. The average Bonchev–Trinajstić information content (AvgIpc) is 2.65. The van der Waals surface area contributed by atoms with Gasteiger partial charge in [-0.1, -0.05) is 0 Å². The van der Waals surface area contributed by atoms with Crippen LogP contribution in [0.25, 0.3) is 0 Å². The Hall–Kier alpha value is -1.59. The topological polar surface area (TPSA) is 154 Å². The third-order valence-electron chi connectivity index (χ3n) is 6.45. The first kappa shape index (κ1) is 24.7. The van der Waals surface area contributed by atoms with Crippen molar-refractivity contribution in [3.8, 4) is 0 Å². The van der Waals surface area contributed by atoms with E-state index in [1.165, 1.54) is 20.8 Å². The number of carbonyl (C=O) groups is 3. The molecule has 10 heteroatoms. The van der Waals surface area contributed by atoms with Gasteiger partial charge in [0.1, 0.15) is 17.7 Å². The summed E-state index contributed by atoms with van der Waals surface area (Å²) in [5, 5.41) is 37.0. The van der Waals surface area contributed by atoms with Crippen molar-refractivity contribution in [1.29, 1.82) is 0 Å². The van der Waals surface area contributed by atoms with Gasteiger partial charge in [0, 0.05) is 6.54 Å². The van der Waals surface area contributed by atoms with Crippen LogP contribution in [0.4, 0.5) is 0 Å². The summed E-state index contributed by atoms with van der Waals surface area (Å²) in [6.45, 7) is 7.69. The number of Topliss-reactive ketones (excluding diaryl/α,β-unsaturated/α-hetero) is 1. The van der Waals surface area contributed by atoms with Crippen molar-refractivity contribution in [2.75, 3.05) is 13.6 Å². The van der Waals surface area contributed by atoms with Crippen LogP contribution in [0.1, 0.15) is 53.9 Å². The molecule has 2 saturated heterocycles. The molecule has 0 aliphatic carbocycles. The number of rotatable bonds is 10. The molecule has 0 spiro atoms. The van der Waals surface area contributed by atoms with Gasteiger partial charge in [-0.25, -0.2) is 0 Å². The zero-order chi connectivity index (χ0) is 23.1. The molecule has 1 unspecified atom stereocenters. The molecular formula is C20H34N2O8. The lowest BCUT2D eigenvalue weighted by Gasteiger charge is -2.68. The van der Waals surface area contributed by atoms with Gasteiger partial charge in [-0.15, -0.1) is 0 Å². The molecule has 0 radical (unpaired) electrons. The minimum Gasteiger partial charge on any atom is -0.480 e. The summed E-state index contributed by atoms with van der Waals surface area (Å²) in [6, 6.07) is -0.660. The van der Waals surface area contributed by atoms with Crippen LogP contribution in [0.3, 0.4) is 0 Å². The van der Waals surface area contributed by atoms with Gasteiger partial charge in [0.15, 0.2) is 17.5 Å². The summed E-state index contributed by atoms with van der Waals surface area (Å²) in [5.41, 5.74) is -6.43. The molecule has 2 aliphatic heterocycles. The van der Waals surface area contributed by atoms with Crippen molar-refractivity contribution in [2.24, 2.45) is 0 Å². The van der Waals surface area contributed by atoms with E-state index in [2.05, 4.69) is 10.6 Å². The number of carboxylic acids is 1. The largest absolute Gasteiger partial charge is 0.480 e. The Balaban J connectivity index is 2.05. The Morgan fingerprint density at radius 1 is 1.03 bits per heavy atom. The number of aliphatic carboxylic acids is 1. The van der Waals surface area contributed by atoms with Crippen LogP contribution < -0.4 is 10.6 Å². The van der Waals surface area contributed by atoms with Gasteiger partial charge in [-0.2, -0.15) is 0 Å². The van der Waals surface area contributed by atoms with E-state index in [-0.39, 0.29) is 6.54 Å². The maximum absolute atomic E-state index is 12.9. The number of carbonyl (C=O) groups excluding carboxylic acids is 2. The van der Waals surface area contributed by atoms with Crippen LogP contribution >= 0.6 is 0 Å².